The van der Waals surface area contributed by atoms with Crippen LogP contribution in [0.25, 0.3) is 0 Å². The number of hydrogen-bond donors (Lipinski definition) is 10. The average molecular weight is 1050 g/mol. The van der Waals surface area contributed by atoms with E-state index in [2.05, 4.69) is 21.3 Å². The Morgan fingerprint density at radius 1 is 0.342 bits per heavy atom. The second-order valence-electron chi connectivity index (χ2n) is 17.9. The Labute approximate surface area is 431 Å². The zero-order valence-corrected chi connectivity index (χ0v) is 43.6. The lowest BCUT2D eigenvalue weighted by atomic mass is 10.2. The standard InChI is InChI=1S/C48H91N11O14/c1-40(60)73-55(34-14-4-10-30-51-41(61)22-26-47(67)58(71)38-18-6-12-32-53-43(63)20-24-45(65)56(69)36-16-2-8-28-49)35-15-5-11-31-52-42(62)23-27-48(68)59(72)39-19-7-13-33-54-44(64)21-25-46(66)57(70)37-17-3-9-29-50/h69-72H,2-39,49-50H2,1H3,(H,51,61)(H,52,62)(H,53,63)(H,54,64). The molecule has 0 aromatic rings. The molecule has 0 fully saturated rings. The molecule has 0 bridgehead atoms. The molecule has 0 spiro atoms. The van der Waals surface area contributed by atoms with E-state index < -0.39 is 29.6 Å². The zero-order chi connectivity index (χ0) is 54.5. The molecule has 0 aromatic carbocycles. The molecule has 25 nitrogen and oxygen atoms in total. The van der Waals surface area contributed by atoms with Gasteiger partial charge in [0.2, 0.25) is 47.3 Å². The maximum atomic E-state index is 12.3. The molecule has 8 amide bonds. The van der Waals surface area contributed by atoms with Crippen LogP contribution in [0, 0.1) is 0 Å². The lowest BCUT2D eigenvalue weighted by Crippen LogP contribution is -2.31. The van der Waals surface area contributed by atoms with Gasteiger partial charge in [-0.25, -0.2) is 20.3 Å². The minimum atomic E-state index is -0.574. The van der Waals surface area contributed by atoms with Gasteiger partial charge in [0.1, 0.15) is 0 Å². The summed E-state index contributed by atoms with van der Waals surface area (Å²) in [5, 5.41) is 54.7. The van der Waals surface area contributed by atoms with Crippen molar-refractivity contribution in [2.24, 2.45) is 11.5 Å². The molecule has 0 rings (SSSR count). The molecule has 0 saturated heterocycles. The maximum absolute atomic E-state index is 12.3. The number of hydroxylamine groups is 10. The zero-order valence-electron chi connectivity index (χ0n) is 43.6. The number of unbranched alkanes of at least 4 members (excludes halogenated alkanes) is 12. The first-order valence-corrected chi connectivity index (χ1v) is 26.4. The monoisotopic (exact) mass is 1050 g/mol. The third-order valence-corrected chi connectivity index (χ3v) is 11.4. The summed E-state index contributed by atoms with van der Waals surface area (Å²) in [6.45, 7) is 5.47. The highest BCUT2D eigenvalue weighted by Crippen LogP contribution is 2.07. The van der Waals surface area contributed by atoms with Crippen LogP contribution in [0.2, 0.25) is 0 Å². The summed E-state index contributed by atoms with van der Waals surface area (Å²) in [6, 6.07) is 0. The van der Waals surface area contributed by atoms with Gasteiger partial charge in [0.15, 0.2) is 0 Å². The molecule has 0 aliphatic rings. The summed E-state index contributed by atoms with van der Waals surface area (Å²) in [5.41, 5.74) is 10.9. The van der Waals surface area contributed by atoms with Gasteiger partial charge in [-0.1, -0.05) is 25.7 Å². The van der Waals surface area contributed by atoms with Crippen molar-refractivity contribution in [3.05, 3.63) is 0 Å². The molecule has 422 valence electrons. The average Bonchev–Trinajstić information content (AvgIpc) is 3.36. The fourth-order valence-corrected chi connectivity index (χ4v) is 7.02. The minimum absolute atomic E-state index is 0.0434. The molecule has 0 radical (unpaired) electrons. The van der Waals surface area contributed by atoms with Crippen LogP contribution >= 0.6 is 0 Å². The summed E-state index contributed by atoms with van der Waals surface area (Å²) in [7, 11) is 0. The van der Waals surface area contributed by atoms with E-state index in [0.29, 0.717) is 150 Å². The summed E-state index contributed by atoms with van der Waals surface area (Å²) in [6.07, 6.45) is 11.3. The van der Waals surface area contributed by atoms with Gasteiger partial charge < -0.3 is 37.6 Å². The minimum Gasteiger partial charge on any atom is -0.368 e. The Kier molecular flexibility index (Phi) is 42.4. The topological polar surface area (TPSA) is 360 Å². The van der Waals surface area contributed by atoms with Crippen LogP contribution in [0.15, 0.2) is 0 Å². The van der Waals surface area contributed by atoms with Gasteiger partial charge in [-0.15, -0.1) is 5.06 Å². The number of nitrogens with two attached hydrogens (primary N) is 2. The SMILES string of the molecule is CC(=O)ON(CCCCCNC(=O)CCC(=O)N(O)CCCCCNC(=O)CCC(=O)N(O)CCCCCN)CCCCCNC(=O)CCC(=O)N(O)CCCCCNC(=O)CCC(=O)N(O)CCCCCN. The van der Waals surface area contributed by atoms with Crippen molar-refractivity contribution in [1.82, 2.24) is 46.6 Å². The largest absolute Gasteiger partial charge is 0.368 e. The van der Waals surface area contributed by atoms with Gasteiger partial charge in [0.25, 0.3) is 0 Å². The molecule has 73 heavy (non-hydrogen) atoms. The van der Waals surface area contributed by atoms with Crippen molar-refractivity contribution in [3.63, 3.8) is 0 Å². The van der Waals surface area contributed by atoms with Crippen molar-refractivity contribution in [1.29, 1.82) is 0 Å². The Morgan fingerprint density at radius 3 is 0.808 bits per heavy atom. The third-order valence-electron chi connectivity index (χ3n) is 11.4. The molecule has 25 heteroatoms. The molecular weight excluding hydrogens is 955 g/mol. The van der Waals surface area contributed by atoms with Crippen LogP contribution in [-0.2, 0) is 48.0 Å². The first-order valence-electron chi connectivity index (χ1n) is 26.4. The van der Waals surface area contributed by atoms with E-state index in [1.165, 1.54) is 6.92 Å². The van der Waals surface area contributed by atoms with Crippen molar-refractivity contribution < 1.29 is 68.8 Å². The summed E-state index contributed by atoms with van der Waals surface area (Å²) >= 11 is 0. The molecule has 12 N–H and O–H groups in total. The van der Waals surface area contributed by atoms with Gasteiger partial charge >= 0.3 is 5.97 Å². The van der Waals surface area contributed by atoms with Crippen LogP contribution in [0.4, 0.5) is 0 Å². The van der Waals surface area contributed by atoms with E-state index in [0.717, 1.165) is 38.5 Å². The number of nitrogens with zero attached hydrogens (tertiary/aromatic N) is 5. The molecule has 0 saturated carbocycles. The second kappa shape index (κ2) is 45.6. The van der Waals surface area contributed by atoms with Crippen LogP contribution in [0.1, 0.15) is 174 Å². The van der Waals surface area contributed by atoms with Gasteiger partial charge in [-0.3, -0.25) is 64.0 Å². The Morgan fingerprint density at radius 2 is 0.575 bits per heavy atom. The second-order valence-corrected chi connectivity index (χ2v) is 17.9. The molecule has 0 unspecified atom stereocenters. The summed E-state index contributed by atoms with van der Waals surface area (Å²) < 4.78 is 0. The molecule has 0 aliphatic carbocycles. The van der Waals surface area contributed by atoms with Crippen molar-refractivity contribution in [3.8, 4) is 0 Å². The number of rotatable bonds is 47. The number of carbonyl (C=O) groups excluding carboxylic acids is 9. The fraction of sp³-hybridized carbons (Fsp3) is 0.812. The smallest absolute Gasteiger partial charge is 0.322 e. The lowest BCUT2D eigenvalue weighted by molar-refractivity contribution is -0.188. The van der Waals surface area contributed by atoms with E-state index in [4.69, 9.17) is 16.3 Å². The van der Waals surface area contributed by atoms with Crippen LogP contribution < -0.4 is 32.7 Å². The highest BCUT2D eigenvalue weighted by molar-refractivity contribution is 5.85. The Balaban J connectivity index is 3.99. The highest BCUT2D eigenvalue weighted by atomic mass is 16.7. The Hall–Kier alpha value is -5.05. The van der Waals surface area contributed by atoms with E-state index in [9.17, 15) is 64.0 Å². The van der Waals surface area contributed by atoms with Crippen molar-refractivity contribution in [2.45, 2.75) is 174 Å². The molecule has 0 aliphatic heterocycles. The lowest BCUT2D eigenvalue weighted by Gasteiger charge is -2.20. The number of amides is 8. The molecule has 0 aromatic heterocycles. The molecule has 0 heterocycles. The highest BCUT2D eigenvalue weighted by Gasteiger charge is 2.17. The number of hydrogen-bond acceptors (Lipinski definition) is 17. The molecule has 0 atom stereocenters. The van der Waals surface area contributed by atoms with Crippen LogP contribution in [-0.4, -0.2) is 178 Å². The van der Waals surface area contributed by atoms with E-state index in [1.54, 1.807) is 5.06 Å². The summed E-state index contributed by atoms with van der Waals surface area (Å²) in [4.78, 5) is 114. The Bertz CT molecular complexity index is 1480. The van der Waals surface area contributed by atoms with E-state index >= 15 is 0 Å². The first-order chi connectivity index (χ1) is 35.0. The van der Waals surface area contributed by atoms with Gasteiger partial charge in [0.05, 0.1) is 0 Å². The van der Waals surface area contributed by atoms with E-state index in [1.807, 2.05) is 0 Å². The maximum Gasteiger partial charge on any atom is 0.322 e. The normalized spacial score (nSPS) is 10.9. The number of carbonyl (C=O) groups is 9. The predicted octanol–water partition coefficient (Wildman–Crippen LogP) is 2.16. The van der Waals surface area contributed by atoms with Gasteiger partial charge in [0, 0.05) is 124 Å². The van der Waals surface area contributed by atoms with E-state index in [-0.39, 0.29) is 101 Å². The number of nitrogens with one attached hydrogen (secondary N) is 4. The van der Waals surface area contributed by atoms with Crippen LogP contribution in [0.3, 0.4) is 0 Å². The quantitative estimate of drug-likeness (QED) is 0.0237. The molecular formula is C48H91N11O14. The van der Waals surface area contributed by atoms with Crippen molar-refractivity contribution in [2.75, 3.05) is 78.5 Å². The van der Waals surface area contributed by atoms with Crippen molar-refractivity contribution >= 4 is 53.2 Å². The first kappa shape index (κ1) is 68.0. The fourth-order valence-electron chi connectivity index (χ4n) is 7.02. The van der Waals surface area contributed by atoms with Crippen LogP contribution in [0.5, 0.6) is 0 Å². The van der Waals surface area contributed by atoms with Gasteiger partial charge in [-0.2, -0.15) is 0 Å². The van der Waals surface area contributed by atoms with Gasteiger partial charge in [-0.05, 0) is 103 Å². The predicted molar refractivity (Wildman–Crippen MR) is 268 cm³/mol. The third kappa shape index (κ3) is 41.0. The summed E-state index contributed by atoms with van der Waals surface area (Å²) in [5.74, 6) is -3.88.